The van der Waals surface area contributed by atoms with E-state index < -0.39 is 0 Å². The van der Waals surface area contributed by atoms with Crippen LogP contribution in [0, 0.1) is 10.7 Å². The molecule has 2 heterocycles. The molecule has 1 atom stereocenters. The smallest absolute Gasteiger partial charge is 0.221 e. The second-order valence-corrected chi connectivity index (χ2v) is 8.13. The molecule has 1 amide bonds. The number of nitrogens with zero attached hydrogens (tertiary/aromatic N) is 2. The van der Waals surface area contributed by atoms with Gasteiger partial charge in [0.05, 0.1) is 4.88 Å². The maximum atomic E-state index is 12.4. The molecule has 0 spiro atoms. The van der Waals surface area contributed by atoms with E-state index in [0.717, 1.165) is 10.7 Å². The normalized spacial score (nSPS) is 12.3. The minimum atomic E-state index is 0.0248. The Balaban J connectivity index is 1.59. The van der Waals surface area contributed by atoms with Gasteiger partial charge in [-0.2, -0.15) is 5.10 Å². The van der Waals surface area contributed by atoms with Gasteiger partial charge in [0.15, 0.2) is 10.6 Å². The van der Waals surface area contributed by atoms with Crippen LogP contribution in [0.1, 0.15) is 31.7 Å². The number of nitrogens with one attached hydrogen (secondary N) is 2. The lowest BCUT2D eigenvalue weighted by Crippen LogP contribution is -2.31. The minimum absolute atomic E-state index is 0.0248. The van der Waals surface area contributed by atoms with Crippen LogP contribution in [0.2, 0.25) is 0 Å². The highest BCUT2D eigenvalue weighted by molar-refractivity contribution is 7.71. The molecule has 0 fully saturated rings. The predicted octanol–water partition coefficient (Wildman–Crippen LogP) is 4.62. The number of amides is 1. The van der Waals surface area contributed by atoms with Gasteiger partial charge >= 0.3 is 0 Å². The van der Waals surface area contributed by atoms with Crippen LogP contribution < -0.4 is 5.32 Å². The summed E-state index contributed by atoms with van der Waals surface area (Å²) in [5, 5.41) is 12.2. The van der Waals surface area contributed by atoms with Gasteiger partial charge in [-0.3, -0.25) is 14.5 Å². The van der Waals surface area contributed by atoms with Crippen molar-refractivity contribution in [2.75, 3.05) is 6.54 Å². The molecular weight excluding hydrogens is 376 g/mol. The standard InChI is InChI=1S/C20H24N4OS2/c1-14(2)16(15-7-4-3-5-8-15)13-21-18(25)10-11-24-19(22-23-20(24)26)17-9-6-12-27-17/h3-9,12,14,16H,10-11,13H2,1-2H3,(H,21,25)(H,23,26). The Morgan fingerprint density at radius 3 is 2.70 bits per heavy atom. The lowest BCUT2D eigenvalue weighted by molar-refractivity contribution is -0.121. The first-order valence-corrected chi connectivity index (χ1v) is 10.4. The molecule has 0 aliphatic rings. The highest BCUT2D eigenvalue weighted by Crippen LogP contribution is 2.24. The number of hydrogen-bond acceptors (Lipinski definition) is 4. The van der Waals surface area contributed by atoms with Crippen molar-refractivity contribution in [3.63, 3.8) is 0 Å². The van der Waals surface area contributed by atoms with Crippen molar-refractivity contribution in [2.45, 2.75) is 32.7 Å². The highest BCUT2D eigenvalue weighted by atomic mass is 32.1. The molecule has 0 saturated heterocycles. The minimum Gasteiger partial charge on any atom is -0.355 e. The quantitative estimate of drug-likeness (QED) is 0.543. The van der Waals surface area contributed by atoms with Crippen LogP contribution >= 0.6 is 23.6 Å². The third-order valence-corrected chi connectivity index (χ3v) is 5.79. The van der Waals surface area contributed by atoms with E-state index in [1.54, 1.807) is 11.3 Å². The van der Waals surface area contributed by atoms with E-state index in [1.807, 2.05) is 40.3 Å². The average molecular weight is 401 g/mol. The Hall–Kier alpha value is -2.25. The molecule has 2 aromatic heterocycles. The molecule has 1 aromatic carbocycles. The maximum absolute atomic E-state index is 12.4. The average Bonchev–Trinajstić information content (AvgIpc) is 3.30. The first-order valence-electron chi connectivity index (χ1n) is 9.07. The number of hydrogen-bond donors (Lipinski definition) is 2. The predicted molar refractivity (Wildman–Crippen MR) is 112 cm³/mol. The van der Waals surface area contributed by atoms with Gasteiger partial charge in [-0.05, 0) is 35.1 Å². The molecule has 0 aliphatic heterocycles. The van der Waals surface area contributed by atoms with E-state index >= 15 is 0 Å². The second kappa shape index (κ2) is 9.10. The summed E-state index contributed by atoms with van der Waals surface area (Å²) in [6.07, 6.45) is 0.367. The summed E-state index contributed by atoms with van der Waals surface area (Å²) in [5.41, 5.74) is 1.25. The Kier molecular flexibility index (Phi) is 6.58. The molecule has 0 aliphatic carbocycles. The van der Waals surface area contributed by atoms with Gasteiger partial charge in [-0.15, -0.1) is 11.3 Å². The van der Waals surface area contributed by atoms with Crippen LogP contribution in [-0.2, 0) is 11.3 Å². The molecule has 27 heavy (non-hydrogen) atoms. The fourth-order valence-corrected chi connectivity index (χ4v) is 4.03. The number of aromatic nitrogens is 3. The summed E-state index contributed by atoms with van der Waals surface area (Å²) < 4.78 is 2.42. The van der Waals surface area contributed by atoms with E-state index in [4.69, 9.17) is 12.2 Å². The monoisotopic (exact) mass is 400 g/mol. The lowest BCUT2D eigenvalue weighted by atomic mass is 9.88. The number of rotatable bonds is 8. The molecule has 1 unspecified atom stereocenters. The zero-order valence-corrected chi connectivity index (χ0v) is 17.1. The molecule has 142 valence electrons. The van der Waals surface area contributed by atoms with Gasteiger partial charge in [0.2, 0.25) is 5.91 Å². The van der Waals surface area contributed by atoms with Crippen molar-refractivity contribution in [2.24, 2.45) is 5.92 Å². The molecule has 3 rings (SSSR count). The number of carbonyl (C=O) groups is 1. The molecule has 3 aromatic rings. The highest BCUT2D eigenvalue weighted by Gasteiger charge is 2.17. The fraction of sp³-hybridized carbons (Fsp3) is 0.350. The van der Waals surface area contributed by atoms with Crippen LogP contribution in [-0.4, -0.2) is 27.2 Å². The van der Waals surface area contributed by atoms with Crippen molar-refractivity contribution in [1.29, 1.82) is 0 Å². The fourth-order valence-electron chi connectivity index (χ4n) is 3.08. The summed E-state index contributed by atoms with van der Waals surface area (Å²) in [6, 6.07) is 14.3. The number of aromatic amines is 1. The maximum Gasteiger partial charge on any atom is 0.221 e. The van der Waals surface area contributed by atoms with Gasteiger partial charge < -0.3 is 5.32 Å². The van der Waals surface area contributed by atoms with Crippen molar-refractivity contribution in [3.05, 3.63) is 58.2 Å². The molecule has 2 N–H and O–H groups in total. The van der Waals surface area contributed by atoms with E-state index in [1.165, 1.54) is 5.56 Å². The van der Waals surface area contributed by atoms with Gasteiger partial charge in [-0.1, -0.05) is 50.2 Å². The Bertz CT molecular complexity index is 913. The van der Waals surface area contributed by atoms with Crippen LogP contribution in [0.4, 0.5) is 0 Å². The summed E-state index contributed by atoms with van der Waals surface area (Å²) in [6.45, 7) is 5.50. The summed E-state index contributed by atoms with van der Waals surface area (Å²) >= 11 is 6.92. The number of benzene rings is 1. The van der Waals surface area contributed by atoms with Crippen LogP contribution in [0.25, 0.3) is 10.7 Å². The third-order valence-electron chi connectivity index (χ3n) is 4.61. The van der Waals surface area contributed by atoms with Gasteiger partial charge in [-0.25, -0.2) is 0 Å². The van der Waals surface area contributed by atoms with E-state index in [9.17, 15) is 4.79 Å². The summed E-state index contributed by atoms with van der Waals surface area (Å²) in [5.74, 6) is 1.55. The van der Waals surface area contributed by atoms with E-state index in [0.29, 0.717) is 36.1 Å². The van der Waals surface area contributed by atoms with Crippen LogP contribution in [0.5, 0.6) is 0 Å². The first-order chi connectivity index (χ1) is 13.1. The number of thiophene rings is 1. The Morgan fingerprint density at radius 1 is 1.26 bits per heavy atom. The summed E-state index contributed by atoms with van der Waals surface area (Å²) in [7, 11) is 0. The van der Waals surface area contributed by atoms with E-state index in [2.05, 4.69) is 41.5 Å². The SMILES string of the molecule is CC(C)C(CNC(=O)CCn1c(-c2cccs2)n[nH]c1=S)c1ccccc1. The molecule has 7 heteroatoms. The Labute approximate surface area is 168 Å². The zero-order chi connectivity index (χ0) is 19.2. The largest absolute Gasteiger partial charge is 0.355 e. The van der Waals surface area contributed by atoms with Gasteiger partial charge in [0.25, 0.3) is 0 Å². The topological polar surface area (TPSA) is 62.7 Å². The number of H-pyrrole nitrogens is 1. The second-order valence-electron chi connectivity index (χ2n) is 6.80. The van der Waals surface area contributed by atoms with Crippen molar-refractivity contribution in [1.82, 2.24) is 20.1 Å². The van der Waals surface area contributed by atoms with Gasteiger partial charge in [0, 0.05) is 25.4 Å². The molecular formula is C20H24N4OS2. The van der Waals surface area contributed by atoms with E-state index in [-0.39, 0.29) is 5.91 Å². The lowest BCUT2D eigenvalue weighted by Gasteiger charge is -2.22. The Morgan fingerprint density at radius 2 is 2.04 bits per heavy atom. The van der Waals surface area contributed by atoms with Crippen LogP contribution in [0.15, 0.2) is 47.8 Å². The first kappa shape index (κ1) is 19.5. The van der Waals surface area contributed by atoms with Gasteiger partial charge in [0.1, 0.15) is 0 Å². The molecule has 5 nitrogen and oxygen atoms in total. The molecule has 0 radical (unpaired) electrons. The molecule has 0 saturated carbocycles. The van der Waals surface area contributed by atoms with Crippen LogP contribution in [0.3, 0.4) is 0 Å². The van der Waals surface area contributed by atoms with Crippen molar-refractivity contribution < 1.29 is 4.79 Å². The molecule has 0 bridgehead atoms. The zero-order valence-electron chi connectivity index (χ0n) is 15.5. The summed E-state index contributed by atoms with van der Waals surface area (Å²) in [4.78, 5) is 13.5. The van der Waals surface area contributed by atoms with Crippen molar-refractivity contribution in [3.8, 4) is 10.7 Å². The number of carbonyl (C=O) groups excluding carboxylic acids is 1. The third kappa shape index (κ3) is 4.93. The van der Waals surface area contributed by atoms with Crippen molar-refractivity contribution >= 4 is 29.5 Å².